The molecule has 12 heteroatoms. The van der Waals surface area contributed by atoms with E-state index in [1.165, 1.54) is 5.56 Å². The molecule has 0 bridgehead atoms. The molecule has 3 aliphatic heterocycles. The van der Waals surface area contributed by atoms with Crippen LogP contribution in [-0.2, 0) is 17.4 Å². The number of carbonyl (C=O) groups is 1. The number of aryl methyl sites for hydroxylation is 1. The van der Waals surface area contributed by atoms with Crippen LogP contribution in [0.1, 0.15) is 56.2 Å². The average molecular weight is 534 g/mol. The molecule has 0 spiro atoms. The average Bonchev–Trinajstić information content (AvgIpc) is 3.36. The zero-order chi connectivity index (χ0) is 26.9. The largest absolute Gasteiger partial charge is 0.492 e. The molecule has 0 N–H and O–H groups in total. The van der Waals surface area contributed by atoms with Crippen LogP contribution in [0.4, 0.5) is 13.2 Å². The monoisotopic (exact) mass is 533 g/mol. The number of halogens is 3. The maximum Gasteiger partial charge on any atom is 0.453 e. The van der Waals surface area contributed by atoms with Gasteiger partial charge >= 0.3 is 6.18 Å². The number of nitrogens with zero attached hydrogens (tertiary/aromatic N) is 7. The molecule has 38 heavy (non-hydrogen) atoms. The number of likely N-dealkylation sites (tertiary alicyclic amines) is 1. The number of amidine groups is 1. The number of carbonyl (C=O) groups excluding carboxylic acids is 1. The normalized spacial score (nSPS) is 20.2. The lowest BCUT2D eigenvalue weighted by atomic mass is 9.89. The van der Waals surface area contributed by atoms with Gasteiger partial charge in [-0.15, -0.1) is 10.2 Å². The summed E-state index contributed by atoms with van der Waals surface area (Å²) in [4.78, 5) is 17.9. The van der Waals surface area contributed by atoms with E-state index in [0.29, 0.717) is 31.2 Å². The number of alkyl halides is 3. The third-order valence-electron chi connectivity index (χ3n) is 7.83. The number of fused-ring (bicyclic) bond motifs is 1. The van der Waals surface area contributed by atoms with Crippen LogP contribution in [0.2, 0.25) is 0 Å². The molecule has 4 heterocycles. The Kier molecular flexibility index (Phi) is 7.60. The Balaban J connectivity index is 1.11. The second kappa shape index (κ2) is 10.9. The Morgan fingerprint density at radius 1 is 1.03 bits per heavy atom. The smallest absolute Gasteiger partial charge is 0.453 e. The standard InChI is InChI=1S/C26H34F3N7O2/c1-18(33-13-15-34(16-14-33)19(2)37)17-38-22-5-3-20(4-6-22)21-9-11-35(12-10-21)24-8-7-23-30-31-25(26(27,28)29)36(23)32-24/h3-6,18,21H,7-17H2,1-2H3/t18-/m1/s1. The van der Waals surface area contributed by atoms with Crippen molar-refractivity contribution in [3.05, 3.63) is 41.5 Å². The van der Waals surface area contributed by atoms with Gasteiger partial charge in [-0.2, -0.15) is 22.9 Å². The number of amides is 1. The topological polar surface area (TPSA) is 79.1 Å². The fourth-order valence-electron chi connectivity index (χ4n) is 5.47. The number of rotatable bonds is 5. The molecule has 1 aromatic carbocycles. The molecule has 3 aliphatic rings. The summed E-state index contributed by atoms with van der Waals surface area (Å²) in [7, 11) is 0. The van der Waals surface area contributed by atoms with E-state index in [4.69, 9.17) is 4.74 Å². The predicted molar refractivity (Wildman–Crippen MR) is 135 cm³/mol. The summed E-state index contributed by atoms with van der Waals surface area (Å²) in [5, 5.41) is 11.2. The van der Waals surface area contributed by atoms with Gasteiger partial charge in [-0.05, 0) is 43.4 Å². The highest BCUT2D eigenvalue weighted by Crippen LogP contribution is 2.32. The highest BCUT2D eigenvalue weighted by molar-refractivity contribution is 5.83. The van der Waals surface area contributed by atoms with Crippen molar-refractivity contribution in [2.24, 2.45) is 5.10 Å². The van der Waals surface area contributed by atoms with Crippen LogP contribution < -0.4 is 4.74 Å². The lowest BCUT2D eigenvalue weighted by molar-refractivity contribution is -0.147. The quantitative estimate of drug-likeness (QED) is 0.588. The van der Waals surface area contributed by atoms with Crippen LogP contribution >= 0.6 is 0 Å². The molecule has 1 amide bonds. The Morgan fingerprint density at radius 2 is 1.71 bits per heavy atom. The summed E-state index contributed by atoms with van der Waals surface area (Å²) in [5.74, 6) is 1.21. The highest BCUT2D eigenvalue weighted by Gasteiger charge is 2.40. The van der Waals surface area contributed by atoms with E-state index < -0.39 is 12.0 Å². The van der Waals surface area contributed by atoms with E-state index in [1.807, 2.05) is 17.0 Å². The van der Waals surface area contributed by atoms with Crippen molar-refractivity contribution in [2.45, 2.75) is 57.7 Å². The SMILES string of the molecule is CC(=O)N1CCN([C@H](C)COc2ccc(C3CCN(C4=Nn5c(nnc5C(F)(F)F)CC4)CC3)cc2)CC1. The first-order valence-corrected chi connectivity index (χ1v) is 13.3. The number of piperidine rings is 1. The van der Waals surface area contributed by atoms with Crippen molar-refractivity contribution >= 4 is 11.7 Å². The third kappa shape index (κ3) is 5.79. The van der Waals surface area contributed by atoms with E-state index in [2.05, 4.69) is 44.2 Å². The lowest BCUT2D eigenvalue weighted by Gasteiger charge is -2.37. The second-order valence-corrected chi connectivity index (χ2v) is 10.3. The molecular formula is C26H34F3N7O2. The molecule has 0 saturated carbocycles. The first kappa shape index (κ1) is 26.5. The van der Waals surface area contributed by atoms with Gasteiger partial charge in [0.1, 0.15) is 18.2 Å². The van der Waals surface area contributed by atoms with Crippen molar-refractivity contribution in [1.29, 1.82) is 0 Å². The van der Waals surface area contributed by atoms with Crippen LogP contribution in [0, 0.1) is 0 Å². The molecule has 0 aliphatic carbocycles. The van der Waals surface area contributed by atoms with E-state index in [1.54, 1.807) is 6.92 Å². The van der Waals surface area contributed by atoms with Gasteiger partial charge < -0.3 is 14.5 Å². The summed E-state index contributed by atoms with van der Waals surface area (Å²) in [6.45, 7) is 9.08. The molecular weight excluding hydrogens is 499 g/mol. The van der Waals surface area contributed by atoms with Crippen LogP contribution in [0.25, 0.3) is 0 Å². The molecule has 2 saturated heterocycles. The van der Waals surface area contributed by atoms with Crippen molar-refractivity contribution in [3.8, 4) is 5.75 Å². The lowest BCUT2D eigenvalue weighted by Crippen LogP contribution is -2.52. The van der Waals surface area contributed by atoms with Crippen LogP contribution in [0.3, 0.4) is 0 Å². The van der Waals surface area contributed by atoms with E-state index in [0.717, 1.165) is 62.5 Å². The highest BCUT2D eigenvalue weighted by atomic mass is 19.4. The van der Waals surface area contributed by atoms with Gasteiger partial charge in [0.2, 0.25) is 5.91 Å². The van der Waals surface area contributed by atoms with Crippen molar-refractivity contribution < 1.29 is 22.7 Å². The number of benzene rings is 1. The number of piperazine rings is 1. The van der Waals surface area contributed by atoms with E-state index in [9.17, 15) is 18.0 Å². The Labute approximate surface area is 220 Å². The maximum absolute atomic E-state index is 13.2. The molecule has 2 fully saturated rings. The predicted octanol–water partition coefficient (Wildman–Crippen LogP) is 3.22. The minimum atomic E-state index is -4.58. The fourth-order valence-corrected chi connectivity index (χ4v) is 5.47. The molecule has 1 atom stereocenters. The van der Waals surface area contributed by atoms with Gasteiger partial charge in [0.15, 0.2) is 5.82 Å². The number of hydrogen-bond acceptors (Lipinski definition) is 7. The van der Waals surface area contributed by atoms with Crippen LogP contribution in [0.5, 0.6) is 5.75 Å². The fraction of sp³-hybridized carbons (Fsp3) is 0.615. The summed E-state index contributed by atoms with van der Waals surface area (Å²) in [6, 6.07) is 8.52. The summed E-state index contributed by atoms with van der Waals surface area (Å²) < 4.78 is 46.6. The molecule has 5 rings (SSSR count). The minimum absolute atomic E-state index is 0.132. The number of ether oxygens (including phenoxy) is 1. The Bertz CT molecular complexity index is 1150. The minimum Gasteiger partial charge on any atom is -0.492 e. The van der Waals surface area contributed by atoms with Crippen molar-refractivity contribution in [1.82, 2.24) is 29.6 Å². The van der Waals surface area contributed by atoms with Crippen molar-refractivity contribution in [3.63, 3.8) is 0 Å². The van der Waals surface area contributed by atoms with Gasteiger partial charge in [0.25, 0.3) is 5.82 Å². The molecule has 0 radical (unpaired) electrons. The molecule has 1 aromatic heterocycles. The van der Waals surface area contributed by atoms with Gasteiger partial charge in [-0.1, -0.05) is 12.1 Å². The Hall–Kier alpha value is -3.15. The number of hydrogen-bond donors (Lipinski definition) is 0. The Morgan fingerprint density at radius 3 is 2.34 bits per heavy atom. The second-order valence-electron chi connectivity index (χ2n) is 10.3. The maximum atomic E-state index is 13.2. The first-order chi connectivity index (χ1) is 18.2. The van der Waals surface area contributed by atoms with Gasteiger partial charge in [-0.25, -0.2) is 0 Å². The summed E-state index contributed by atoms with van der Waals surface area (Å²) >= 11 is 0. The third-order valence-corrected chi connectivity index (χ3v) is 7.83. The number of aromatic nitrogens is 3. The van der Waals surface area contributed by atoms with Gasteiger partial charge in [0, 0.05) is 65.1 Å². The molecule has 0 unspecified atom stereocenters. The van der Waals surface area contributed by atoms with E-state index >= 15 is 0 Å². The zero-order valence-electron chi connectivity index (χ0n) is 21.8. The van der Waals surface area contributed by atoms with E-state index in [-0.39, 0.29) is 17.8 Å². The van der Waals surface area contributed by atoms with Crippen LogP contribution in [-0.4, -0.2) is 93.2 Å². The zero-order valence-corrected chi connectivity index (χ0v) is 21.8. The van der Waals surface area contributed by atoms with Gasteiger partial charge in [-0.3, -0.25) is 9.69 Å². The summed E-state index contributed by atoms with van der Waals surface area (Å²) in [6.07, 6.45) is -1.80. The molecule has 206 valence electrons. The first-order valence-electron chi connectivity index (χ1n) is 13.3. The molecule has 2 aromatic rings. The summed E-state index contributed by atoms with van der Waals surface area (Å²) in [5.41, 5.74) is 1.25. The van der Waals surface area contributed by atoms with Gasteiger partial charge in [0.05, 0.1) is 0 Å². The van der Waals surface area contributed by atoms with Crippen LogP contribution in [0.15, 0.2) is 29.4 Å². The van der Waals surface area contributed by atoms with Crippen molar-refractivity contribution in [2.75, 3.05) is 45.9 Å². The molecule has 9 nitrogen and oxygen atoms in total.